The fraction of sp³-hybridized carbons (Fsp3) is 0.158. The third kappa shape index (κ3) is 4.04. The lowest BCUT2D eigenvalue weighted by Gasteiger charge is -2.15. The van der Waals surface area contributed by atoms with Crippen LogP contribution >= 0.6 is 27.5 Å². The van der Waals surface area contributed by atoms with Crippen LogP contribution in [0.5, 0.6) is 5.75 Å². The van der Waals surface area contributed by atoms with Crippen LogP contribution in [0.3, 0.4) is 0 Å². The quantitative estimate of drug-likeness (QED) is 0.513. The predicted octanol–water partition coefficient (Wildman–Crippen LogP) is 5.12. The van der Waals surface area contributed by atoms with Gasteiger partial charge in [0.05, 0.1) is 11.9 Å². The molecular weight excluding hydrogens is 442 g/mol. The summed E-state index contributed by atoms with van der Waals surface area (Å²) in [6.45, 7) is 3.39. The summed E-state index contributed by atoms with van der Waals surface area (Å²) < 4.78 is 34.0. The van der Waals surface area contributed by atoms with Gasteiger partial charge in [0.15, 0.2) is 0 Å². The van der Waals surface area contributed by atoms with Gasteiger partial charge in [0.1, 0.15) is 33.6 Å². The zero-order valence-electron chi connectivity index (χ0n) is 14.4. The molecule has 2 aromatic heterocycles. The summed E-state index contributed by atoms with van der Waals surface area (Å²) in [5, 5.41) is 0.366. The molecule has 3 aromatic rings. The Morgan fingerprint density at radius 1 is 1.22 bits per heavy atom. The van der Waals surface area contributed by atoms with Crippen LogP contribution in [0.4, 0.5) is 8.78 Å². The Hall–Kier alpha value is -2.25. The highest BCUT2D eigenvalue weighted by Crippen LogP contribution is 2.26. The van der Waals surface area contributed by atoms with E-state index >= 15 is 0 Å². The van der Waals surface area contributed by atoms with Gasteiger partial charge in [0.2, 0.25) is 0 Å². The maximum atomic E-state index is 13.8. The third-order valence-electron chi connectivity index (χ3n) is 3.96. The van der Waals surface area contributed by atoms with Crippen molar-refractivity contribution in [3.63, 3.8) is 0 Å². The van der Waals surface area contributed by atoms with E-state index < -0.39 is 11.6 Å². The number of hydrogen-bond acceptors (Lipinski definition) is 3. The number of aryl methyl sites for hydroxylation is 2. The molecule has 27 heavy (non-hydrogen) atoms. The van der Waals surface area contributed by atoms with Crippen molar-refractivity contribution in [1.29, 1.82) is 0 Å². The van der Waals surface area contributed by atoms with Gasteiger partial charge in [-0.15, -0.1) is 0 Å². The van der Waals surface area contributed by atoms with Crippen molar-refractivity contribution in [3.05, 3.63) is 85.0 Å². The Labute approximate surface area is 167 Å². The maximum Gasteiger partial charge on any atom is 0.273 e. The molecule has 0 fully saturated rings. The highest BCUT2D eigenvalue weighted by Gasteiger charge is 2.15. The summed E-state index contributed by atoms with van der Waals surface area (Å²) in [5.74, 6) is -1.11. The van der Waals surface area contributed by atoms with E-state index in [1.54, 1.807) is 26.0 Å². The molecule has 0 bridgehead atoms. The van der Waals surface area contributed by atoms with E-state index in [1.165, 1.54) is 16.8 Å². The van der Waals surface area contributed by atoms with Crippen LogP contribution in [0.15, 0.2) is 45.8 Å². The molecular formula is C19H14BrClF2N2O2. The van der Waals surface area contributed by atoms with Crippen LogP contribution in [0, 0.1) is 25.5 Å². The third-order valence-corrected chi connectivity index (χ3v) is 5.08. The topological polar surface area (TPSA) is 44.1 Å². The molecule has 0 amide bonds. The second-order valence-corrected chi connectivity index (χ2v) is 7.08. The van der Waals surface area contributed by atoms with Crippen molar-refractivity contribution in [2.45, 2.75) is 20.5 Å². The molecule has 0 aliphatic heterocycles. The van der Waals surface area contributed by atoms with Crippen LogP contribution in [-0.4, -0.2) is 9.55 Å². The summed E-state index contributed by atoms with van der Waals surface area (Å²) >= 11 is 9.18. The minimum Gasteiger partial charge on any atom is -0.487 e. The van der Waals surface area contributed by atoms with Gasteiger partial charge < -0.3 is 4.74 Å². The first-order chi connectivity index (χ1) is 12.8. The number of rotatable bonds is 4. The van der Waals surface area contributed by atoms with E-state index in [0.29, 0.717) is 16.5 Å². The molecule has 0 N–H and O–H groups in total. The van der Waals surface area contributed by atoms with E-state index in [1.807, 2.05) is 0 Å². The van der Waals surface area contributed by atoms with E-state index in [9.17, 15) is 13.6 Å². The molecule has 0 aliphatic carbocycles. The number of hydrogen-bond donors (Lipinski definition) is 0. The molecule has 0 atom stereocenters. The number of nitrogens with zero attached hydrogens (tertiary/aromatic N) is 2. The lowest BCUT2D eigenvalue weighted by Crippen LogP contribution is -2.22. The lowest BCUT2D eigenvalue weighted by atomic mass is 10.2. The van der Waals surface area contributed by atoms with Crippen LogP contribution in [0.1, 0.15) is 16.8 Å². The van der Waals surface area contributed by atoms with E-state index in [4.69, 9.17) is 16.3 Å². The summed E-state index contributed by atoms with van der Waals surface area (Å²) in [7, 11) is 0. The second-order valence-electron chi connectivity index (χ2n) is 5.93. The maximum absolute atomic E-state index is 13.8. The van der Waals surface area contributed by atoms with Crippen molar-refractivity contribution < 1.29 is 13.5 Å². The Balaban J connectivity index is 1.95. The van der Waals surface area contributed by atoms with Gasteiger partial charge in [-0.3, -0.25) is 9.36 Å². The number of pyridine rings is 2. The van der Waals surface area contributed by atoms with E-state index in [-0.39, 0.29) is 28.0 Å². The Morgan fingerprint density at radius 2 is 1.96 bits per heavy atom. The van der Waals surface area contributed by atoms with Crippen molar-refractivity contribution >= 4 is 27.5 Å². The van der Waals surface area contributed by atoms with E-state index in [0.717, 1.165) is 17.7 Å². The van der Waals surface area contributed by atoms with Crippen molar-refractivity contribution in [2.24, 2.45) is 0 Å². The summed E-state index contributed by atoms with van der Waals surface area (Å²) in [6, 6.07) is 6.64. The average Bonchev–Trinajstić information content (AvgIpc) is 2.61. The molecule has 0 radical (unpaired) electrons. The predicted molar refractivity (Wildman–Crippen MR) is 103 cm³/mol. The molecule has 3 rings (SSSR count). The van der Waals surface area contributed by atoms with Gasteiger partial charge in [-0.25, -0.2) is 13.8 Å². The number of halogens is 4. The number of ether oxygens (including phenoxy) is 1. The molecule has 0 spiro atoms. The molecule has 8 heteroatoms. The lowest BCUT2D eigenvalue weighted by molar-refractivity contribution is 0.296. The van der Waals surface area contributed by atoms with Gasteiger partial charge in [0.25, 0.3) is 5.56 Å². The minimum absolute atomic E-state index is 0.144. The van der Waals surface area contributed by atoms with E-state index in [2.05, 4.69) is 20.9 Å². The molecule has 0 aliphatic rings. The highest BCUT2D eigenvalue weighted by molar-refractivity contribution is 9.10. The largest absolute Gasteiger partial charge is 0.487 e. The van der Waals surface area contributed by atoms with Crippen molar-refractivity contribution in [1.82, 2.24) is 9.55 Å². The fourth-order valence-corrected chi connectivity index (χ4v) is 3.08. The summed E-state index contributed by atoms with van der Waals surface area (Å²) in [5.41, 5.74) is 1.73. The zero-order chi connectivity index (χ0) is 19.7. The molecule has 0 unspecified atom stereocenters. The van der Waals surface area contributed by atoms with Crippen LogP contribution in [0.2, 0.25) is 5.15 Å². The summed E-state index contributed by atoms with van der Waals surface area (Å²) in [4.78, 5) is 16.9. The smallest absolute Gasteiger partial charge is 0.273 e. The highest BCUT2D eigenvalue weighted by atomic mass is 79.9. The van der Waals surface area contributed by atoms with Gasteiger partial charge >= 0.3 is 0 Å². The Kier molecular flexibility index (Phi) is 5.62. The minimum atomic E-state index is -0.709. The molecule has 0 saturated heterocycles. The van der Waals surface area contributed by atoms with Crippen LogP contribution < -0.4 is 10.3 Å². The van der Waals surface area contributed by atoms with Crippen LogP contribution in [-0.2, 0) is 6.61 Å². The number of benzene rings is 1. The van der Waals surface area contributed by atoms with Gasteiger partial charge in [-0.05, 0) is 53.5 Å². The average molecular weight is 456 g/mol. The Bertz CT molecular complexity index is 1090. The molecule has 4 nitrogen and oxygen atoms in total. The van der Waals surface area contributed by atoms with Gasteiger partial charge in [-0.1, -0.05) is 11.6 Å². The molecule has 140 valence electrons. The first-order valence-corrected chi connectivity index (χ1v) is 9.06. The summed E-state index contributed by atoms with van der Waals surface area (Å²) in [6.07, 6.45) is 1.50. The Morgan fingerprint density at radius 3 is 2.63 bits per heavy atom. The van der Waals surface area contributed by atoms with Crippen LogP contribution in [0.25, 0.3) is 5.69 Å². The van der Waals surface area contributed by atoms with Gasteiger partial charge in [-0.2, -0.15) is 0 Å². The molecule has 1 aromatic carbocycles. The van der Waals surface area contributed by atoms with Gasteiger partial charge in [0, 0.05) is 23.4 Å². The molecule has 0 saturated carbocycles. The molecule has 2 heterocycles. The van der Waals surface area contributed by atoms with Crippen molar-refractivity contribution in [3.8, 4) is 11.4 Å². The standard InChI is InChI=1S/C19H14BrClF2N2O2/c1-10-5-14(8-24-18(10)21)25-11(2)6-16(17(20)19(25)26)27-9-12-3-4-13(22)7-15(12)23/h3-8H,9H2,1-2H3. The normalized spacial score (nSPS) is 10.9. The first kappa shape index (κ1) is 19.5. The first-order valence-electron chi connectivity index (χ1n) is 7.89. The SMILES string of the molecule is Cc1cc(-n2c(C)cc(OCc3ccc(F)cc3F)c(Br)c2=O)cnc1Cl. The fourth-order valence-electron chi connectivity index (χ4n) is 2.57. The second kappa shape index (κ2) is 7.78. The number of aromatic nitrogens is 2. The monoisotopic (exact) mass is 454 g/mol. The van der Waals surface area contributed by atoms with Crippen molar-refractivity contribution in [2.75, 3.05) is 0 Å². The zero-order valence-corrected chi connectivity index (χ0v) is 16.7.